The van der Waals surface area contributed by atoms with Crippen LogP contribution in [-0.4, -0.2) is 54.4 Å². The largest absolute Gasteiger partial charge is 0.497 e. The van der Waals surface area contributed by atoms with Gasteiger partial charge in [-0.1, -0.05) is 0 Å². The first-order valence-corrected chi connectivity index (χ1v) is 8.73. The van der Waals surface area contributed by atoms with Crippen molar-refractivity contribution in [2.24, 2.45) is 0 Å². The maximum Gasteiger partial charge on any atom is 0.221 e. The van der Waals surface area contributed by atoms with Crippen molar-refractivity contribution in [1.29, 1.82) is 0 Å². The highest BCUT2D eigenvalue weighted by Crippen LogP contribution is 2.28. The predicted molar refractivity (Wildman–Crippen MR) is 105 cm³/mol. The highest BCUT2D eigenvalue weighted by molar-refractivity contribution is 5.92. The van der Waals surface area contributed by atoms with E-state index in [4.69, 9.17) is 15.2 Å². The predicted octanol–water partition coefficient (Wildman–Crippen LogP) is 1.93. The first-order valence-electron chi connectivity index (χ1n) is 8.73. The van der Waals surface area contributed by atoms with Gasteiger partial charge in [0.15, 0.2) is 0 Å². The van der Waals surface area contributed by atoms with Gasteiger partial charge in [-0.25, -0.2) is 4.98 Å². The lowest BCUT2D eigenvalue weighted by atomic mass is 10.1. The van der Waals surface area contributed by atoms with Crippen molar-refractivity contribution in [3.8, 4) is 5.75 Å². The van der Waals surface area contributed by atoms with E-state index in [-0.39, 0.29) is 18.1 Å². The number of aromatic nitrogens is 3. The third-order valence-corrected chi connectivity index (χ3v) is 4.84. The molecule has 3 heterocycles. The van der Waals surface area contributed by atoms with Crippen LogP contribution >= 0.6 is 0 Å². The number of benzene rings is 1. The average Bonchev–Trinajstić information content (AvgIpc) is 3.10. The number of pyridine rings is 1. The normalized spacial score (nSPS) is 19.4. The van der Waals surface area contributed by atoms with E-state index < -0.39 is 0 Å². The van der Waals surface area contributed by atoms with Crippen molar-refractivity contribution >= 4 is 28.4 Å². The van der Waals surface area contributed by atoms with Crippen molar-refractivity contribution in [1.82, 2.24) is 15.0 Å². The van der Waals surface area contributed by atoms with Gasteiger partial charge in [0, 0.05) is 49.7 Å². The Hall–Kier alpha value is -3.13. The molecule has 27 heavy (non-hydrogen) atoms. The van der Waals surface area contributed by atoms with Crippen LogP contribution in [0.25, 0.3) is 10.9 Å². The van der Waals surface area contributed by atoms with E-state index in [1.807, 2.05) is 30.3 Å². The number of methoxy groups -OCH3 is 2. The van der Waals surface area contributed by atoms with E-state index in [0.29, 0.717) is 0 Å². The fourth-order valence-corrected chi connectivity index (χ4v) is 3.46. The van der Waals surface area contributed by atoms with Gasteiger partial charge in [-0.05, 0) is 24.3 Å². The molecule has 140 valence electrons. The third-order valence-electron chi connectivity index (χ3n) is 4.84. The molecule has 0 radical (unpaired) electrons. The van der Waals surface area contributed by atoms with Crippen LogP contribution in [-0.2, 0) is 4.74 Å². The van der Waals surface area contributed by atoms with Crippen LogP contribution < -0.4 is 20.7 Å². The molecule has 1 aliphatic rings. The monoisotopic (exact) mass is 366 g/mol. The summed E-state index contributed by atoms with van der Waals surface area (Å²) in [6.07, 6.45) is 3.48. The highest BCUT2D eigenvalue weighted by atomic mass is 16.5. The van der Waals surface area contributed by atoms with Gasteiger partial charge in [-0.2, -0.15) is 4.98 Å². The number of nitrogens with one attached hydrogen (secondary N) is 1. The lowest BCUT2D eigenvalue weighted by molar-refractivity contribution is 0.113. The number of hydrogen-bond donors (Lipinski definition) is 2. The van der Waals surface area contributed by atoms with Crippen LogP contribution in [0.5, 0.6) is 5.75 Å². The van der Waals surface area contributed by atoms with Gasteiger partial charge in [-0.15, -0.1) is 0 Å². The Balaban J connectivity index is 1.59. The molecule has 1 aromatic carbocycles. The number of hydrogen-bond acceptors (Lipinski definition) is 8. The van der Waals surface area contributed by atoms with Gasteiger partial charge in [0.05, 0.1) is 24.8 Å². The second kappa shape index (κ2) is 7.24. The Morgan fingerprint density at radius 2 is 1.96 bits per heavy atom. The molecule has 2 atom stereocenters. The molecule has 2 aromatic heterocycles. The fraction of sp³-hybridized carbons (Fsp3) is 0.316. The third kappa shape index (κ3) is 3.43. The van der Waals surface area contributed by atoms with Crippen LogP contribution in [0, 0.1) is 0 Å². The van der Waals surface area contributed by atoms with Crippen LogP contribution in [0.2, 0.25) is 0 Å². The zero-order chi connectivity index (χ0) is 18.8. The number of nitrogens with two attached hydrogens (primary N) is 1. The van der Waals surface area contributed by atoms with Crippen molar-refractivity contribution < 1.29 is 9.47 Å². The average molecular weight is 366 g/mol. The molecule has 8 heteroatoms. The van der Waals surface area contributed by atoms with Gasteiger partial charge in [-0.3, -0.25) is 4.98 Å². The summed E-state index contributed by atoms with van der Waals surface area (Å²) in [6.45, 7) is 1.47. The van der Waals surface area contributed by atoms with E-state index in [2.05, 4.69) is 25.2 Å². The molecular formula is C19H22N6O2. The first kappa shape index (κ1) is 17.3. The van der Waals surface area contributed by atoms with Crippen LogP contribution in [0.15, 0.2) is 42.7 Å². The molecule has 0 unspecified atom stereocenters. The molecule has 0 amide bonds. The summed E-state index contributed by atoms with van der Waals surface area (Å²) in [6, 6.07) is 9.82. The topological polar surface area (TPSA) is 98.4 Å². The Bertz CT molecular complexity index is 950. The number of nitrogen functional groups attached to an aromatic ring is 1. The molecule has 0 bridgehead atoms. The number of rotatable bonds is 5. The van der Waals surface area contributed by atoms with Crippen LogP contribution in [0.3, 0.4) is 0 Å². The molecule has 1 aliphatic heterocycles. The minimum absolute atomic E-state index is 0.0163. The van der Waals surface area contributed by atoms with Gasteiger partial charge >= 0.3 is 0 Å². The van der Waals surface area contributed by atoms with Gasteiger partial charge in [0.2, 0.25) is 5.95 Å². The number of anilines is 3. The standard InChI is InChI=1S/C19H22N6O2/c1-26-12-3-4-13-14(5-7-21-15(13)9-12)23-16-10-25(11-17(16)27-2)18-6-8-22-19(20)24-18/h3-9,16-17H,10-11H2,1-2H3,(H,21,23)(H2,20,22,24)/t16-,17+/m0/s1. The summed E-state index contributed by atoms with van der Waals surface area (Å²) in [5.74, 6) is 1.86. The number of fused-ring (bicyclic) bond motifs is 1. The molecule has 0 aliphatic carbocycles. The van der Waals surface area contributed by atoms with E-state index in [1.54, 1.807) is 26.6 Å². The Morgan fingerprint density at radius 3 is 2.74 bits per heavy atom. The SMILES string of the molecule is COc1ccc2c(N[C@H]3CN(c4ccnc(N)n4)C[C@H]3OC)ccnc2c1. The summed E-state index contributed by atoms with van der Waals surface area (Å²) in [4.78, 5) is 14.9. The smallest absolute Gasteiger partial charge is 0.221 e. The molecule has 1 fully saturated rings. The highest BCUT2D eigenvalue weighted by Gasteiger charge is 2.34. The van der Waals surface area contributed by atoms with E-state index in [0.717, 1.165) is 41.2 Å². The Labute approximate surface area is 157 Å². The number of ether oxygens (including phenoxy) is 2. The first-order chi connectivity index (χ1) is 13.2. The summed E-state index contributed by atoms with van der Waals surface area (Å²) in [5, 5.41) is 4.65. The quantitative estimate of drug-likeness (QED) is 0.707. The van der Waals surface area contributed by atoms with E-state index in [9.17, 15) is 0 Å². The zero-order valence-electron chi connectivity index (χ0n) is 15.3. The summed E-state index contributed by atoms with van der Waals surface area (Å²) in [5.41, 5.74) is 7.62. The zero-order valence-corrected chi connectivity index (χ0v) is 15.3. The van der Waals surface area contributed by atoms with Crippen molar-refractivity contribution in [3.63, 3.8) is 0 Å². The Morgan fingerprint density at radius 1 is 1.11 bits per heavy atom. The molecule has 3 aromatic rings. The van der Waals surface area contributed by atoms with Gasteiger partial charge < -0.3 is 25.4 Å². The Kier molecular flexibility index (Phi) is 4.64. The van der Waals surface area contributed by atoms with E-state index >= 15 is 0 Å². The summed E-state index contributed by atoms with van der Waals surface area (Å²) >= 11 is 0. The van der Waals surface area contributed by atoms with Gasteiger partial charge in [0.25, 0.3) is 0 Å². The molecule has 0 saturated carbocycles. The maximum atomic E-state index is 5.72. The lowest BCUT2D eigenvalue weighted by Crippen LogP contribution is -2.33. The van der Waals surface area contributed by atoms with Crippen molar-refractivity contribution in [3.05, 3.63) is 42.7 Å². The van der Waals surface area contributed by atoms with Crippen molar-refractivity contribution in [2.75, 3.05) is 43.3 Å². The maximum absolute atomic E-state index is 5.72. The number of nitrogens with zero attached hydrogens (tertiary/aromatic N) is 4. The van der Waals surface area contributed by atoms with Crippen LogP contribution in [0.4, 0.5) is 17.5 Å². The second-order valence-corrected chi connectivity index (χ2v) is 6.44. The molecule has 3 N–H and O–H groups in total. The molecule has 8 nitrogen and oxygen atoms in total. The lowest BCUT2D eigenvalue weighted by Gasteiger charge is -2.20. The minimum Gasteiger partial charge on any atom is -0.497 e. The second-order valence-electron chi connectivity index (χ2n) is 6.44. The van der Waals surface area contributed by atoms with Crippen LogP contribution in [0.1, 0.15) is 0 Å². The summed E-state index contributed by atoms with van der Waals surface area (Å²) in [7, 11) is 3.38. The molecule has 0 spiro atoms. The fourth-order valence-electron chi connectivity index (χ4n) is 3.46. The minimum atomic E-state index is 0.0163. The summed E-state index contributed by atoms with van der Waals surface area (Å²) < 4.78 is 11.0. The molecule has 1 saturated heterocycles. The molecular weight excluding hydrogens is 344 g/mol. The van der Waals surface area contributed by atoms with Crippen molar-refractivity contribution in [2.45, 2.75) is 12.1 Å². The molecule has 4 rings (SSSR count). The van der Waals surface area contributed by atoms with Gasteiger partial charge in [0.1, 0.15) is 11.6 Å². The van der Waals surface area contributed by atoms with E-state index in [1.165, 1.54) is 0 Å².